The minimum atomic E-state index is -0.270. The molecule has 0 spiro atoms. The molecule has 2 aromatic rings. The number of hydrogen-bond acceptors (Lipinski definition) is 3. The fourth-order valence-electron chi connectivity index (χ4n) is 4.73. The predicted molar refractivity (Wildman–Crippen MR) is 113 cm³/mol. The molecular weight excluding hydrogens is 397 g/mol. The monoisotopic (exact) mass is 427 g/mol. The van der Waals surface area contributed by atoms with Gasteiger partial charge in [-0.05, 0) is 30.2 Å². The normalized spacial score (nSPS) is 23.9. The highest BCUT2D eigenvalue weighted by Gasteiger charge is 2.46. The average Bonchev–Trinajstić information content (AvgIpc) is 3.07. The largest absolute Gasteiger partial charge is 0.496 e. The van der Waals surface area contributed by atoms with Crippen molar-refractivity contribution >= 4 is 11.8 Å². The zero-order valence-corrected chi connectivity index (χ0v) is 17.9. The Hall–Kier alpha value is -2.77. The van der Waals surface area contributed by atoms with Crippen LogP contribution in [0.4, 0.5) is 4.39 Å². The number of piperazine rings is 1. The number of hydrogen-bond donors (Lipinski definition) is 2. The van der Waals surface area contributed by atoms with Crippen molar-refractivity contribution in [1.29, 1.82) is 0 Å². The molecule has 0 saturated carbocycles. The van der Waals surface area contributed by atoms with Gasteiger partial charge >= 0.3 is 0 Å². The lowest BCUT2D eigenvalue weighted by molar-refractivity contribution is -1.02. The average molecular weight is 428 g/mol. The van der Waals surface area contributed by atoms with E-state index in [1.165, 1.54) is 26.8 Å². The molecule has 0 radical (unpaired) electrons. The molecule has 2 N–H and O–H groups in total. The van der Waals surface area contributed by atoms with Crippen molar-refractivity contribution < 1.29 is 28.5 Å². The molecular formula is C24H30FN3O3+2. The summed E-state index contributed by atoms with van der Waals surface area (Å²) in [4.78, 5) is 29.4. The Morgan fingerprint density at radius 3 is 2.52 bits per heavy atom. The molecule has 2 heterocycles. The summed E-state index contributed by atoms with van der Waals surface area (Å²) in [6, 6.07) is 14.3. The van der Waals surface area contributed by atoms with Crippen molar-refractivity contribution in [3.05, 3.63) is 65.5 Å². The third-order valence-electron chi connectivity index (χ3n) is 6.49. The van der Waals surface area contributed by atoms with Crippen LogP contribution in [0.5, 0.6) is 5.75 Å². The molecule has 2 aromatic carbocycles. The predicted octanol–water partition coefficient (Wildman–Crippen LogP) is -0.512. The number of nitrogens with zero attached hydrogens (tertiary/aromatic N) is 1. The molecule has 1 atom stereocenters. The van der Waals surface area contributed by atoms with Crippen LogP contribution in [-0.2, 0) is 22.6 Å². The molecule has 2 saturated heterocycles. The Morgan fingerprint density at radius 1 is 1.06 bits per heavy atom. The molecule has 2 amide bonds. The Morgan fingerprint density at radius 2 is 1.81 bits per heavy atom. The maximum absolute atomic E-state index is 13.6. The van der Waals surface area contributed by atoms with E-state index in [2.05, 4.69) is 0 Å². The van der Waals surface area contributed by atoms with Crippen molar-refractivity contribution in [3.63, 3.8) is 0 Å². The lowest BCUT2D eigenvalue weighted by Crippen LogP contribution is -3.29. The standard InChI is InChI=1S/C24H28FN3O3/c1-31-22-8-7-20(25)15-19(22)17-26-11-13-27(14-12-26)21-16-23(29)28(24(21)30)10-9-18-5-3-2-4-6-18/h2-8,15,21H,9-14,16-17H2,1H3/p+2/t21-/m0/s1. The fourth-order valence-corrected chi connectivity index (χ4v) is 4.73. The van der Waals surface area contributed by atoms with Crippen LogP contribution in [0, 0.1) is 5.82 Å². The van der Waals surface area contributed by atoms with Crippen LogP contribution in [0.1, 0.15) is 17.5 Å². The summed E-state index contributed by atoms with van der Waals surface area (Å²) in [5.74, 6) is 0.350. The lowest BCUT2D eigenvalue weighted by Gasteiger charge is -2.32. The maximum atomic E-state index is 13.6. The molecule has 4 rings (SSSR count). The summed E-state index contributed by atoms with van der Waals surface area (Å²) in [6.45, 7) is 4.53. The number of rotatable bonds is 7. The zero-order valence-electron chi connectivity index (χ0n) is 17.9. The van der Waals surface area contributed by atoms with E-state index in [0.717, 1.165) is 37.3 Å². The maximum Gasteiger partial charge on any atom is 0.288 e. The molecule has 2 fully saturated rings. The van der Waals surface area contributed by atoms with Crippen molar-refractivity contribution in [2.24, 2.45) is 0 Å². The van der Waals surface area contributed by atoms with Crippen LogP contribution in [0.15, 0.2) is 48.5 Å². The van der Waals surface area contributed by atoms with Gasteiger partial charge in [0, 0.05) is 6.54 Å². The van der Waals surface area contributed by atoms with Gasteiger partial charge in [-0.25, -0.2) is 4.39 Å². The van der Waals surface area contributed by atoms with Crippen LogP contribution in [0.25, 0.3) is 0 Å². The number of carbonyl (C=O) groups excluding carboxylic acids is 2. The highest BCUT2D eigenvalue weighted by atomic mass is 19.1. The number of amides is 2. The number of halogens is 1. The van der Waals surface area contributed by atoms with Gasteiger partial charge in [0.05, 0.1) is 19.1 Å². The molecule has 0 bridgehead atoms. The number of carbonyl (C=O) groups is 2. The van der Waals surface area contributed by atoms with Crippen molar-refractivity contribution in [1.82, 2.24) is 4.90 Å². The smallest absolute Gasteiger partial charge is 0.288 e. The van der Waals surface area contributed by atoms with E-state index in [4.69, 9.17) is 4.74 Å². The molecule has 0 aliphatic carbocycles. The van der Waals surface area contributed by atoms with E-state index in [9.17, 15) is 14.0 Å². The van der Waals surface area contributed by atoms with Crippen LogP contribution < -0.4 is 14.5 Å². The molecule has 31 heavy (non-hydrogen) atoms. The quantitative estimate of drug-likeness (QED) is 0.586. The molecule has 2 aliphatic rings. The summed E-state index contributed by atoms with van der Waals surface area (Å²) in [7, 11) is 1.60. The summed E-state index contributed by atoms with van der Waals surface area (Å²) in [5.41, 5.74) is 1.99. The third-order valence-corrected chi connectivity index (χ3v) is 6.49. The van der Waals surface area contributed by atoms with Gasteiger partial charge in [0.25, 0.3) is 5.91 Å². The molecule has 2 aliphatic heterocycles. The first-order valence-electron chi connectivity index (χ1n) is 10.9. The highest BCUT2D eigenvalue weighted by Crippen LogP contribution is 2.18. The second-order valence-corrected chi connectivity index (χ2v) is 8.42. The molecule has 6 nitrogen and oxygen atoms in total. The number of imide groups is 1. The van der Waals surface area contributed by atoms with E-state index < -0.39 is 0 Å². The van der Waals surface area contributed by atoms with E-state index in [0.29, 0.717) is 31.7 Å². The van der Waals surface area contributed by atoms with E-state index >= 15 is 0 Å². The van der Waals surface area contributed by atoms with Gasteiger partial charge in [0.1, 0.15) is 44.3 Å². The summed E-state index contributed by atoms with van der Waals surface area (Å²) in [6.07, 6.45) is 0.990. The fraction of sp³-hybridized carbons (Fsp3) is 0.417. The first-order valence-corrected chi connectivity index (χ1v) is 10.9. The Labute approximate surface area is 182 Å². The van der Waals surface area contributed by atoms with Crippen LogP contribution in [0.3, 0.4) is 0 Å². The highest BCUT2D eigenvalue weighted by molar-refractivity contribution is 6.04. The first kappa shape index (κ1) is 21.5. The number of ether oxygens (including phenoxy) is 1. The topological polar surface area (TPSA) is 55.5 Å². The third kappa shape index (κ3) is 4.94. The number of benzene rings is 2. The molecule has 164 valence electrons. The van der Waals surface area contributed by atoms with Gasteiger partial charge in [-0.3, -0.25) is 14.5 Å². The van der Waals surface area contributed by atoms with Crippen LogP contribution in [0.2, 0.25) is 0 Å². The Bertz CT molecular complexity index is 929. The molecule has 0 unspecified atom stereocenters. The van der Waals surface area contributed by atoms with E-state index in [-0.39, 0.29) is 23.7 Å². The van der Waals surface area contributed by atoms with Gasteiger partial charge in [0.2, 0.25) is 5.91 Å². The van der Waals surface area contributed by atoms with E-state index in [1.54, 1.807) is 13.2 Å². The second-order valence-electron chi connectivity index (χ2n) is 8.42. The van der Waals surface area contributed by atoms with Gasteiger partial charge in [0.15, 0.2) is 6.04 Å². The van der Waals surface area contributed by atoms with Crippen molar-refractivity contribution in [3.8, 4) is 5.75 Å². The van der Waals surface area contributed by atoms with Crippen LogP contribution >= 0.6 is 0 Å². The Kier molecular flexibility index (Phi) is 6.63. The zero-order chi connectivity index (χ0) is 21.8. The van der Waals surface area contributed by atoms with Gasteiger partial charge in [-0.2, -0.15) is 0 Å². The van der Waals surface area contributed by atoms with E-state index in [1.807, 2.05) is 30.3 Å². The lowest BCUT2D eigenvalue weighted by atomic mass is 10.1. The molecule has 0 aromatic heterocycles. The number of methoxy groups -OCH3 is 1. The first-order chi connectivity index (χ1) is 15.0. The Balaban J connectivity index is 1.31. The van der Waals surface area contributed by atoms with Gasteiger partial charge in [-0.1, -0.05) is 30.3 Å². The summed E-state index contributed by atoms with van der Waals surface area (Å²) < 4.78 is 19.0. The molecule has 7 heteroatoms. The summed E-state index contributed by atoms with van der Waals surface area (Å²) in [5, 5.41) is 0. The number of quaternary nitrogens is 2. The number of nitrogens with one attached hydrogen (secondary N) is 2. The SMILES string of the molecule is COc1ccc(F)cc1C[NH+]1CC[NH+]([C@H]2CC(=O)N(CCc3ccccc3)C2=O)CC1. The van der Waals surface area contributed by atoms with Crippen molar-refractivity contribution in [2.45, 2.75) is 25.4 Å². The summed E-state index contributed by atoms with van der Waals surface area (Å²) >= 11 is 0. The minimum Gasteiger partial charge on any atom is -0.496 e. The van der Waals surface area contributed by atoms with Crippen LogP contribution in [-0.4, -0.2) is 62.6 Å². The van der Waals surface area contributed by atoms with Gasteiger partial charge < -0.3 is 14.5 Å². The van der Waals surface area contributed by atoms with Gasteiger partial charge in [-0.15, -0.1) is 0 Å². The van der Waals surface area contributed by atoms with Crippen molar-refractivity contribution in [2.75, 3.05) is 39.8 Å². The number of likely N-dealkylation sites (tertiary alicyclic amines) is 1. The minimum absolute atomic E-state index is 0.0359. The second kappa shape index (κ2) is 9.58.